The highest BCUT2D eigenvalue weighted by Gasteiger charge is 2.39. The van der Waals surface area contributed by atoms with Crippen molar-refractivity contribution in [1.82, 2.24) is 15.1 Å². The molecular formula is C37H52ClF4N3O3. The summed E-state index contributed by atoms with van der Waals surface area (Å²) < 4.78 is 63.4. The molecule has 0 aliphatic carbocycles. The number of ether oxygens (including phenoxy) is 2. The minimum absolute atomic E-state index is 0. The molecule has 6 bridgehead atoms. The molecule has 2 aromatic carbocycles. The van der Waals surface area contributed by atoms with Crippen LogP contribution in [0.15, 0.2) is 36.4 Å². The van der Waals surface area contributed by atoms with Crippen molar-refractivity contribution in [3.05, 3.63) is 70.8 Å². The van der Waals surface area contributed by atoms with Crippen LogP contribution in [-0.4, -0.2) is 83.6 Å². The first kappa shape index (κ1) is 37.5. The maximum Gasteiger partial charge on any atom is 0.159 e. The van der Waals surface area contributed by atoms with E-state index < -0.39 is 23.3 Å². The Hall–Kier alpha value is -1.79. The number of aliphatic hydroxyl groups excluding tert-OH is 1. The molecule has 6 atom stereocenters. The third kappa shape index (κ3) is 9.50. The standard InChI is InChI=1S/C15H19F2NO.C14H17F2NO.C8H15NO.ClH/c1-18-11-3-4-12(18)8-13(7-11)19-9-10-2-5-14(16)15(17)6-10;15-13-4-1-9(5-14(13)16)8-18-12-6-10-2-3-11(7-12)17-10;1-9-6-2-3-7(9)5-8(10)4-6;/h2,5-6,11-13H,3-4,7-9H2,1H3;1,4-5,10-12,17H,2-3,6-8H2;6-8,10H,2-5H2,1H3;1H. The lowest BCUT2D eigenvalue weighted by Crippen LogP contribution is -2.42. The lowest BCUT2D eigenvalue weighted by Gasteiger charge is -2.36. The minimum atomic E-state index is -0.807. The van der Waals surface area contributed by atoms with Crippen molar-refractivity contribution in [2.45, 2.75) is 145 Å². The lowest BCUT2D eigenvalue weighted by atomic mass is 10.0. The minimum Gasteiger partial charge on any atom is -0.393 e. The van der Waals surface area contributed by atoms with E-state index in [2.05, 4.69) is 29.2 Å². The molecule has 0 spiro atoms. The van der Waals surface area contributed by atoms with E-state index in [1.165, 1.54) is 50.7 Å². The highest BCUT2D eigenvalue weighted by Crippen LogP contribution is 2.36. The van der Waals surface area contributed by atoms with Crippen LogP contribution in [0.1, 0.15) is 88.2 Å². The summed E-state index contributed by atoms with van der Waals surface area (Å²) in [5.74, 6) is -3.22. The largest absolute Gasteiger partial charge is 0.393 e. The Morgan fingerprint density at radius 1 is 0.604 bits per heavy atom. The first-order chi connectivity index (χ1) is 22.6. The number of aliphatic hydroxyl groups is 1. The molecule has 6 unspecified atom stereocenters. The molecule has 2 aromatic rings. The molecule has 0 radical (unpaired) electrons. The Kier molecular flexibility index (Phi) is 13.2. The highest BCUT2D eigenvalue weighted by atomic mass is 35.5. The van der Waals surface area contributed by atoms with E-state index in [9.17, 15) is 22.7 Å². The van der Waals surface area contributed by atoms with Crippen LogP contribution < -0.4 is 5.32 Å². The van der Waals surface area contributed by atoms with Gasteiger partial charge in [0.2, 0.25) is 0 Å². The zero-order chi connectivity index (χ0) is 33.1. The van der Waals surface area contributed by atoms with Crippen molar-refractivity contribution in [3.63, 3.8) is 0 Å². The summed E-state index contributed by atoms with van der Waals surface area (Å²) in [6, 6.07) is 11.7. The van der Waals surface area contributed by atoms with Gasteiger partial charge in [0.15, 0.2) is 23.3 Å². The van der Waals surface area contributed by atoms with Crippen LogP contribution in [0.25, 0.3) is 0 Å². The fraction of sp³-hybridized carbons (Fsp3) is 0.676. The number of fused-ring (bicyclic) bond motifs is 6. The van der Waals surface area contributed by atoms with E-state index in [1.807, 2.05) is 0 Å². The number of nitrogens with zero attached hydrogens (tertiary/aromatic N) is 2. The monoisotopic (exact) mass is 697 g/mol. The van der Waals surface area contributed by atoms with Gasteiger partial charge in [0.05, 0.1) is 31.5 Å². The van der Waals surface area contributed by atoms with Crippen molar-refractivity contribution in [1.29, 1.82) is 0 Å². The lowest BCUT2D eigenvalue weighted by molar-refractivity contribution is -0.0212. The Morgan fingerprint density at radius 3 is 1.42 bits per heavy atom. The van der Waals surface area contributed by atoms with E-state index in [0.29, 0.717) is 60.6 Å². The van der Waals surface area contributed by atoms with E-state index >= 15 is 0 Å². The summed E-state index contributed by atoms with van der Waals surface area (Å²) in [4.78, 5) is 4.89. The molecule has 268 valence electrons. The van der Waals surface area contributed by atoms with Crippen molar-refractivity contribution in [2.24, 2.45) is 0 Å². The summed E-state index contributed by atoms with van der Waals surface area (Å²) in [6.45, 7) is 0.728. The summed E-state index contributed by atoms with van der Waals surface area (Å²) in [5.41, 5.74) is 1.39. The number of piperidine rings is 3. The molecule has 6 saturated heterocycles. The molecule has 0 aromatic heterocycles. The van der Waals surface area contributed by atoms with Crippen LogP contribution in [0.5, 0.6) is 0 Å². The van der Waals surface area contributed by atoms with Crippen molar-refractivity contribution < 1.29 is 32.1 Å². The van der Waals surface area contributed by atoms with Gasteiger partial charge in [-0.1, -0.05) is 12.1 Å². The van der Waals surface area contributed by atoms with Gasteiger partial charge < -0.3 is 29.7 Å². The summed E-state index contributed by atoms with van der Waals surface area (Å²) >= 11 is 0. The van der Waals surface area contributed by atoms with Crippen molar-refractivity contribution in [2.75, 3.05) is 14.1 Å². The second-order valence-corrected chi connectivity index (χ2v) is 14.7. The van der Waals surface area contributed by atoms with Crippen molar-refractivity contribution in [3.8, 4) is 0 Å². The van der Waals surface area contributed by atoms with Gasteiger partial charge in [-0.3, -0.25) is 0 Å². The Bertz CT molecular complexity index is 1300. The average Bonchev–Trinajstić information content (AvgIpc) is 3.55. The summed E-state index contributed by atoms with van der Waals surface area (Å²) in [7, 11) is 4.38. The topological polar surface area (TPSA) is 57.2 Å². The van der Waals surface area contributed by atoms with Gasteiger partial charge in [0, 0.05) is 36.3 Å². The third-order valence-electron chi connectivity index (χ3n) is 11.5. The van der Waals surface area contributed by atoms with E-state index in [0.717, 1.165) is 50.7 Å². The molecule has 0 saturated carbocycles. The quantitative estimate of drug-likeness (QED) is 0.321. The Morgan fingerprint density at radius 2 is 1.00 bits per heavy atom. The van der Waals surface area contributed by atoms with Crippen molar-refractivity contribution >= 4 is 12.4 Å². The van der Waals surface area contributed by atoms with Crippen LogP contribution in [0.3, 0.4) is 0 Å². The number of halogens is 5. The molecule has 11 heteroatoms. The highest BCUT2D eigenvalue weighted by molar-refractivity contribution is 5.85. The van der Waals surface area contributed by atoms with Gasteiger partial charge >= 0.3 is 0 Å². The fourth-order valence-corrected chi connectivity index (χ4v) is 8.71. The second-order valence-electron chi connectivity index (χ2n) is 14.7. The SMILES string of the molecule is CN1C2CCC1CC(O)C2.CN1C2CCC1CC(OCc1ccc(F)c(F)c1)C2.Cl.Fc1ccc(COC2CC3CCC(C2)N3)cc1F. The average molecular weight is 698 g/mol. The smallest absolute Gasteiger partial charge is 0.159 e. The van der Waals surface area contributed by atoms with Crippen LogP contribution in [-0.2, 0) is 22.7 Å². The molecule has 48 heavy (non-hydrogen) atoms. The number of benzene rings is 2. The fourth-order valence-electron chi connectivity index (χ4n) is 8.71. The number of hydrogen-bond acceptors (Lipinski definition) is 6. The Balaban J connectivity index is 0.000000146. The summed E-state index contributed by atoms with van der Waals surface area (Å²) in [6.07, 6.45) is 14.3. The molecule has 6 heterocycles. The van der Waals surface area contributed by atoms with Gasteiger partial charge in [-0.15, -0.1) is 12.4 Å². The van der Waals surface area contributed by atoms with Gasteiger partial charge in [-0.05, 0) is 127 Å². The van der Waals surface area contributed by atoms with E-state index in [4.69, 9.17) is 9.47 Å². The molecular weight excluding hydrogens is 646 g/mol. The maximum absolute atomic E-state index is 13.1. The molecule has 6 nitrogen and oxygen atoms in total. The van der Waals surface area contributed by atoms with Crippen LogP contribution >= 0.6 is 12.4 Å². The van der Waals surface area contributed by atoms with E-state index in [-0.39, 0.29) is 30.7 Å². The normalized spacial score (nSPS) is 33.7. The van der Waals surface area contributed by atoms with Gasteiger partial charge in [-0.2, -0.15) is 0 Å². The predicted molar refractivity (Wildman–Crippen MR) is 180 cm³/mol. The zero-order valence-corrected chi connectivity index (χ0v) is 29.0. The molecule has 6 fully saturated rings. The Labute approximate surface area is 288 Å². The maximum atomic E-state index is 13.1. The first-order valence-electron chi connectivity index (χ1n) is 17.6. The van der Waals surface area contributed by atoms with Gasteiger partial charge in [0.1, 0.15) is 0 Å². The molecule has 6 aliphatic rings. The van der Waals surface area contributed by atoms with Crippen LogP contribution in [0.2, 0.25) is 0 Å². The predicted octanol–water partition coefficient (Wildman–Crippen LogP) is 6.90. The molecule has 6 aliphatic heterocycles. The molecule has 2 N–H and O–H groups in total. The van der Waals surface area contributed by atoms with Crippen LogP contribution in [0.4, 0.5) is 17.6 Å². The van der Waals surface area contributed by atoms with Crippen LogP contribution in [0, 0.1) is 23.3 Å². The van der Waals surface area contributed by atoms with Gasteiger partial charge in [0.25, 0.3) is 0 Å². The second kappa shape index (κ2) is 16.9. The third-order valence-corrected chi connectivity index (χ3v) is 11.5. The first-order valence-corrected chi connectivity index (χ1v) is 17.6. The number of hydrogen-bond donors (Lipinski definition) is 2. The number of rotatable bonds is 6. The molecule has 0 amide bonds. The number of nitrogens with one attached hydrogen (secondary N) is 1. The summed E-state index contributed by atoms with van der Waals surface area (Å²) in [5, 5.41) is 12.9. The zero-order valence-electron chi connectivity index (χ0n) is 28.1. The molecule has 8 rings (SSSR count). The van der Waals surface area contributed by atoms with Gasteiger partial charge in [-0.25, -0.2) is 17.6 Å². The van der Waals surface area contributed by atoms with E-state index in [1.54, 1.807) is 12.1 Å².